The van der Waals surface area contributed by atoms with Gasteiger partial charge in [0.05, 0.1) is 10.0 Å². The zero-order chi connectivity index (χ0) is 15.5. The summed E-state index contributed by atoms with van der Waals surface area (Å²) in [7, 11) is 0. The maximum atomic E-state index is 12.2. The van der Waals surface area contributed by atoms with Gasteiger partial charge in [-0.2, -0.15) is 0 Å². The number of halogens is 2. The van der Waals surface area contributed by atoms with Crippen LogP contribution in [0.4, 0.5) is 5.69 Å². The Balaban J connectivity index is 2.04. The average molecular weight is 331 g/mol. The number of carbonyl (C=O) groups is 1. The molecule has 0 heterocycles. The molecule has 2 rings (SSSR count). The molecule has 6 heteroatoms. The van der Waals surface area contributed by atoms with Crippen LogP contribution in [0.25, 0.3) is 0 Å². The summed E-state index contributed by atoms with van der Waals surface area (Å²) in [6.45, 7) is 0.525. The number of nitrogens with two attached hydrogens (primary N) is 1. The molecular formula is C15H20Cl2N2O2. The van der Waals surface area contributed by atoms with Crippen LogP contribution in [0.5, 0.6) is 5.75 Å². The van der Waals surface area contributed by atoms with Crippen LogP contribution in [0, 0.1) is 5.41 Å². The highest BCUT2D eigenvalue weighted by Crippen LogP contribution is 2.39. The van der Waals surface area contributed by atoms with Crippen molar-refractivity contribution < 1.29 is 9.90 Å². The third kappa shape index (κ3) is 4.02. The lowest BCUT2D eigenvalue weighted by Crippen LogP contribution is -2.36. The van der Waals surface area contributed by atoms with Gasteiger partial charge in [0, 0.05) is 12.1 Å². The van der Waals surface area contributed by atoms with Gasteiger partial charge in [0.2, 0.25) is 5.91 Å². The van der Waals surface area contributed by atoms with E-state index in [9.17, 15) is 9.90 Å². The summed E-state index contributed by atoms with van der Waals surface area (Å²) >= 11 is 11.7. The molecule has 0 aliphatic heterocycles. The number of benzene rings is 1. The molecule has 116 valence electrons. The Labute approximate surface area is 134 Å². The Bertz CT molecular complexity index is 505. The van der Waals surface area contributed by atoms with E-state index in [1.54, 1.807) is 0 Å². The molecule has 0 saturated heterocycles. The second kappa shape index (κ2) is 6.86. The fraction of sp³-hybridized carbons (Fsp3) is 0.533. The molecule has 4 N–H and O–H groups in total. The lowest BCUT2D eigenvalue weighted by Gasteiger charge is -2.35. The highest BCUT2D eigenvalue weighted by atomic mass is 35.5. The molecule has 0 atom stereocenters. The van der Waals surface area contributed by atoms with Crippen LogP contribution < -0.4 is 11.1 Å². The summed E-state index contributed by atoms with van der Waals surface area (Å²) in [5.41, 5.74) is 6.28. The van der Waals surface area contributed by atoms with Crippen LogP contribution in [0.2, 0.25) is 10.0 Å². The van der Waals surface area contributed by atoms with Gasteiger partial charge in [0.1, 0.15) is 0 Å². The van der Waals surface area contributed by atoms with E-state index in [4.69, 9.17) is 28.9 Å². The third-order valence-electron chi connectivity index (χ3n) is 4.18. The predicted octanol–water partition coefficient (Wildman–Crippen LogP) is 3.94. The quantitative estimate of drug-likeness (QED) is 0.732. The number of rotatable bonds is 4. The Morgan fingerprint density at radius 2 is 1.81 bits per heavy atom. The molecule has 4 nitrogen and oxygen atoms in total. The van der Waals surface area contributed by atoms with Gasteiger partial charge in [0.15, 0.2) is 5.75 Å². The van der Waals surface area contributed by atoms with Crippen LogP contribution in [-0.4, -0.2) is 17.6 Å². The maximum Gasteiger partial charge on any atom is 0.224 e. The molecule has 1 saturated carbocycles. The molecule has 1 aliphatic rings. The van der Waals surface area contributed by atoms with Crippen LogP contribution >= 0.6 is 23.2 Å². The van der Waals surface area contributed by atoms with E-state index in [0.29, 0.717) is 18.7 Å². The third-order valence-corrected chi connectivity index (χ3v) is 4.76. The average Bonchev–Trinajstić information content (AvgIpc) is 2.45. The molecule has 1 aromatic rings. The first-order valence-electron chi connectivity index (χ1n) is 7.14. The zero-order valence-electron chi connectivity index (χ0n) is 11.8. The van der Waals surface area contributed by atoms with Crippen molar-refractivity contribution in [2.24, 2.45) is 11.1 Å². The number of aromatic hydroxyl groups is 1. The summed E-state index contributed by atoms with van der Waals surface area (Å²) in [6, 6.07) is 2.97. The normalized spacial score (nSPS) is 17.5. The van der Waals surface area contributed by atoms with Crippen molar-refractivity contribution in [2.75, 3.05) is 11.9 Å². The van der Waals surface area contributed by atoms with E-state index < -0.39 is 0 Å². The van der Waals surface area contributed by atoms with E-state index >= 15 is 0 Å². The molecule has 0 radical (unpaired) electrons. The second-order valence-corrected chi connectivity index (χ2v) is 6.59. The van der Waals surface area contributed by atoms with Crippen molar-refractivity contribution in [3.05, 3.63) is 22.2 Å². The topological polar surface area (TPSA) is 75.4 Å². The number of hydrogen-bond acceptors (Lipinski definition) is 3. The Morgan fingerprint density at radius 1 is 1.24 bits per heavy atom. The van der Waals surface area contributed by atoms with Crippen LogP contribution in [0.3, 0.4) is 0 Å². The number of nitrogens with one attached hydrogen (secondary N) is 1. The van der Waals surface area contributed by atoms with Crippen LogP contribution in [0.1, 0.15) is 38.5 Å². The van der Waals surface area contributed by atoms with Gasteiger partial charge >= 0.3 is 0 Å². The maximum absolute atomic E-state index is 12.2. The minimum Gasteiger partial charge on any atom is -0.505 e. The number of phenols is 1. The number of hydrogen-bond donors (Lipinski definition) is 3. The molecular weight excluding hydrogens is 311 g/mol. The molecule has 1 amide bonds. The van der Waals surface area contributed by atoms with E-state index in [-0.39, 0.29) is 27.1 Å². The molecule has 1 fully saturated rings. The minimum absolute atomic E-state index is 0.0904. The number of phenolic OH excluding ortho intramolecular Hbond substituents is 1. The number of amides is 1. The summed E-state index contributed by atoms with van der Waals surface area (Å²) in [4.78, 5) is 12.2. The molecule has 0 spiro atoms. The second-order valence-electron chi connectivity index (χ2n) is 5.78. The largest absolute Gasteiger partial charge is 0.505 e. The fourth-order valence-electron chi connectivity index (χ4n) is 2.94. The molecule has 1 aliphatic carbocycles. The molecule has 21 heavy (non-hydrogen) atoms. The van der Waals surface area contributed by atoms with Gasteiger partial charge in [-0.05, 0) is 36.9 Å². The Morgan fingerprint density at radius 3 is 2.33 bits per heavy atom. The van der Waals surface area contributed by atoms with Gasteiger partial charge in [-0.15, -0.1) is 0 Å². The van der Waals surface area contributed by atoms with Gasteiger partial charge in [-0.25, -0.2) is 0 Å². The predicted molar refractivity (Wildman–Crippen MR) is 85.9 cm³/mol. The van der Waals surface area contributed by atoms with Gasteiger partial charge < -0.3 is 16.2 Å². The molecule has 0 bridgehead atoms. The SMILES string of the molecule is NCC1(CC(=O)Nc2cc(Cl)c(O)c(Cl)c2)CCCCC1. The van der Waals surface area contributed by atoms with E-state index in [1.807, 2.05) is 0 Å². The van der Waals surface area contributed by atoms with Crippen LogP contribution in [-0.2, 0) is 4.79 Å². The lowest BCUT2D eigenvalue weighted by atomic mass is 9.71. The van der Waals surface area contributed by atoms with Gasteiger partial charge in [-0.1, -0.05) is 42.5 Å². The van der Waals surface area contributed by atoms with Crippen molar-refractivity contribution >= 4 is 34.8 Å². The van der Waals surface area contributed by atoms with Gasteiger partial charge in [-0.3, -0.25) is 4.79 Å². The lowest BCUT2D eigenvalue weighted by molar-refractivity contribution is -0.118. The standard InChI is InChI=1S/C15H20Cl2N2O2/c16-11-6-10(7-12(17)14(11)21)19-13(20)8-15(9-18)4-2-1-3-5-15/h6-7,21H,1-5,8-9,18H2,(H,19,20). The van der Waals surface area contributed by atoms with E-state index in [0.717, 1.165) is 25.7 Å². The van der Waals surface area contributed by atoms with Crippen molar-refractivity contribution in [3.8, 4) is 5.75 Å². The first-order chi connectivity index (χ1) is 9.96. The van der Waals surface area contributed by atoms with Crippen molar-refractivity contribution in [1.29, 1.82) is 0 Å². The first-order valence-corrected chi connectivity index (χ1v) is 7.89. The van der Waals surface area contributed by atoms with Crippen molar-refractivity contribution in [1.82, 2.24) is 0 Å². The number of carbonyl (C=O) groups excluding carboxylic acids is 1. The van der Waals surface area contributed by atoms with Gasteiger partial charge in [0.25, 0.3) is 0 Å². The monoisotopic (exact) mass is 330 g/mol. The van der Waals surface area contributed by atoms with Crippen molar-refractivity contribution in [2.45, 2.75) is 38.5 Å². The van der Waals surface area contributed by atoms with E-state index in [1.165, 1.54) is 18.6 Å². The van der Waals surface area contributed by atoms with Crippen molar-refractivity contribution in [3.63, 3.8) is 0 Å². The summed E-state index contributed by atoms with van der Waals surface area (Å²) in [5.74, 6) is -0.276. The Hall–Kier alpha value is -0.970. The summed E-state index contributed by atoms with van der Waals surface area (Å²) in [6.07, 6.45) is 5.86. The molecule has 0 aromatic heterocycles. The van der Waals surface area contributed by atoms with E-state index in [2.05, 4.69) is 5.32 Å². The Kier molecular flexibility index (Phi) is 5.36. The fourth-order valence-corrected chi connectivity index (χ4v) is 3.43. The smallest absolute Gasteiger partial charge is 0.224 e. The number of anilines is 1. The first kappa shape index (κ1) is 16.4. The minimum atomic E-state index is -0.179. The highest BCUT2D eigenvalue weighted by Gasteiger charge is 2.33. The zero-order valence-corrected chi connectivity index (χ0v) is 13.3. The summed E-state index contributed by atoms with van der Waals surface area (Å²) < 4.78 is 0. The summed E-state index contributed by atoms with van der Waals surface area (Å²) in [5, 5.41) is 12.5. The molecule has 0 unspecified atom stereocenters. The van der Waals surface area contributed by atoms with Crippen LogP contribution in [0.15, 0.2) is 12.1 Å². The molecule has 1 aromatic carbocycles. The highest BCUT2D eigenvalue weighted by molar-refractivity contribution is 6.37.